The second-order valence-corrected chi connectivity index (χ2v) is 13.2. The Kier molecular flexibility index (Phi) is 7.33. The molecule has 46 heavy (non-hydrogen) atoms. The van der Waals surface area contributed by atoms with Crippen molar-refractivity contribution in [3.05, 3.63) is 141 Å². The van der Waals surface area contributed by atoms with Gasteiger partial charge in [0, 0.05) is 44.5 Å². The van der Waals surface area contributed by atoms with Gasteiger partial charge in [0.25, 0.3) is 0 Å². The Bertz CT molecular complexity index is 1990. The standard InChI is InChI=1S/C46H32/c1-5-37-24-39(7-3)43(26-41(37)21-19-33-15-11-9-12-16-33)45-28-35-23-36(29-45)31-46(30-35,32-45)44-27-42(38(6-2)25-40(44)8-4)22-20-34-17-13-10-14-18-34/h1-4,9-18,24-27,35-36H,23,28-32H2. The highest BCUT2D eigenvalue weighted by Crippen LogP contribution is 2.67. The number of terminal acetylenes is 4. The fraction of sp³-hybridized carbons (Fsp3) is 0.217. The zero-order valence-corrected chi connectivity index (χ0v) is 25.8. The van der Waals surface area contributed by atoms with Crippen LogP contribution in [0.25, 0.3) is 0 Å². The van der Waals surface area contributed by atoms with Crippen LogP contribution in [-0.2, 0) is 10.8 Å². The second-order valence-electron chi connectivity index (χ2n) is 13.2. The molecule has 0 unspecified atom stereocenters. The Labute approximate surface area is 274 Å². The quantitative estimate of drug-likeness (QED) is 0.208. The molecule has 4 fully saturated rings. The van der Waals surface area contributed by atoms with Crippen LogP contribution in [-0.4, -0.2) is 0 Å². The zero-order chi connectivity index (χ0) is 31.7. The fourth-order valence-electron chi connectivity index (χ4n) is 8.98. The predicted octanol–water partition coefficient (Wildman–Crippen LogP) is 8.20. The maximum Gasteiger partial charge on any atom is 0.0411 e. The van der Waals surface area contributed by atoms with E-state index in [2.05, 4.69) is 59.5 Å². The molecular weight excluding hydrogens is 553 g/mol. The second kappa shape index (κ2) is 11.6. The maximum atomic E-state index is 6.22. The van der Waals surface area contributed by atoms with E-state index in [0.717, 1.165) is 76.6 Å². The van der Waals surface area contributed by atoms with E-state index in [9.17, 15) is 0 Å². The lowest BCUT2D eigenvalue weighted by Crippen LogP contribution is -2.56. The van der Waals surface area contributed by atoms with Crippen LogP contribution in [0.5, 0.6) is 0 Å². The van der Waals surface area contributed by atoms with Crippen LogP contribution in [0.3, 0.4) is 0 Å². The molecule has 0 radical (unpaired) electrons. The average molecular weight is 585 g/mol. The molecule has 4 aromatic carbocycles. The summed E-state index contributed by atoms with van der Waals surface area (Å²) in [5.41, 5.74) is 9.07. The molecule has 0 N–H and O–H groups in total. The Morgan fingerprint density at radius 2 is 0.848 bits per heavy atom. The molecule has 0 heteroatoms. The van der Waals surface area contributed by atoms with E-state index >= 15 is 0 Å². The van der Waals surface area contributed by atoms with Crippen LogP contribution in [0.15, 0.2) is 84.9 Å². The first-order valence-corrected chi connectivity index (χ1v) is 15.9. The molecule has 4 aliphatic rings. The van der Waals surface area contributed by atoms with Gasteiger partial charge in [-0.2, -0.15) is 0 Å². The molecular formula is C46H32. The minimum atomic E-state index is -0.0887. The van der Waals surface area contributed by atoms with Crippen molar-refractivity contribution in [3.8, 4) is 73.1 Å². The minimum Gasteiger partial charge on any atom is -0.115 e. The number of rotatable bonds is 2. The van der Waals surface area contributed by atoms with Crippen LogP contribution >= 0.6 is 0 Å². The molecule has 0 atom stereocenters. The highest BCUT2D eigenvalue weighted by atomic mass is 14.6. The molecule has 0 saturated heterocycles. The third-order valence-electron chi connectivity index (χ3n) is 10.4. The minimum absolute atomic E-state index is 0.0887. The normalized spacial score (nSPS) is 23.3. The predicted molar refractivity (Wildman–Crippen MR) is 188 cm³/mol. The third-order valence-corrected chi connectivity index (χ3v) is 10.4. The Balaban J connectivity index is 1.36. The number of benzene rings is 4. The highest BCUT2D eigenvalue weighted by molar-refractivity contribution is 5.63. The molecule has 4 aromatic rings. The molecule has 0 heterocycles. The Hall–Kier alpha value is -5.76. The molecule has 0 aromatic heterocycles. The van der Waals surface area contributed by atoms with E-state index in [1.807, 2.05) is 72.8 Å². The lowest BCUT2D eigenvalue weighted by Gasteiger charge is -2.63. The first kappa shape index (κ1) is 29.0. The first-order chi connectivity index (χ1) is 22.5. The smallest absolute Gasteiger partial charge is 0.0411 e. The average Bonchev–Trinajstić information content (AvgIpc) is 3.09. The van der Waals surface area contributed by atoms with E-state index in [1.54, 1.807) is 0 Å². The maximum absolute atomic E-state index is 6.22. The molecule has 4 bridgehead atoms. The monoisotopic (exact) mass is 584 g/mol. The van der Waals surface area contributed by atoms with Gasteiger partial charge in [-0.05, 0) is 121 Å². The van der Waals surface area contributed by atoms with Crippen molar-refractivity contribution < 1.29 is 0 Å². The molecule has 0 nitrogen and oxygen atoms in total. The SMILES string of the molecule is C#Cc1cc(C#C)c(C23CC4CC(C2)CC(c2cc(C#Cc5ccccc5)c(C#C)cc2C#C)(C4)C3)cc1C#Cc1ccccc1. The molecule has 8 rings (SSSR count). The van der Waals surface area contributed by atoms with Crippen molar-refractivity contribution in [2.24, 2.45) is 11.8 Å². The summed E-state index contributed by atoms with van der Waals surface area (Å²) in [5, 5.41) is 0. The summed E-state index contributed by atoms with van der Waals surface area (Å²) in [5.74, 6) is 26.3. The van der Waals surface area contributed by atoms with Gasteiger partial charge in [0.15, 0.2) is 0 Å². The third kappa shape index (κ3) is 5.07. The van der Waals surface area contributed by atoms with E-state index in [4.69, 9.17) is 25.7 Å². The Morgan fingerprint density at radius 3 is 1.22 bits per heavy atom. The van der Waals surface area contributed by atoms with Crippen molar-refractivity contribution in [1.29, 1.82) is 0 Å². The molecule has 216 valence electrons. The van der Waals surface area contributed by atoms with Crippen LogP contribution < -0.4 is 0 Å². The van der Waals surface area contributed by atoms with Gasteiger partial charge in [-0.3, -0.25) is 0 Å². The summed E-state index contributed by atoms with van der Waals surface area (Å²) in [6.07, 6.45) is 31.1. The van der Waals surface area contributed by atoms with E-state index in [0.29, 0.717) is 11.8 Å². The van der Waals surface area contributed by atoms with E-state index in [-0.39, 0.29) is 10.8 Å². The van der Waals surface area contributed by atoms with Crippen molar-refractivity contribution in [3.63, 3.8) is 0 Å². The summed E-state index contributed by atoms with van der Waals surface area (Å²) >= 11 is 0. The summed E-state index contributed by atoms with van der Waals surface area (Å²) in [7, 11) is 0. The largest absolute Gasteiger partial charge is 0.115 e. The van der Waals surface area contributed by atoms with Gasteiger partial charge in [-0.25, -0.2) is 0 Å². The Morgan fingerprint density at radius 1 is 0.457 bits per heavy atom. The van der Waals surface area contributed by atoms with Gasteiger partial charge >= 0.3 is 0 Å². The van der Waals surface area contributed by atoms with Crippen LogP contribution in [0.1, 0.15) is 94.2 Å². The van der Waals surface area contributed by atoms with Gasteiger partial charge in [0.2, 0.25) is 0 Å². The summed E-state index contributed by atoms with van der Waals surface area (Å²) in [6.45, 7) is 0. The van der Waals surface area contributed by atoms with Gasteiger partial charge in [0.05, 0.1) is 0 Å². The van der Waals surface area contributed by atoms with Crippen molar-refractivity contribution >= 4 is 0 Å². The molecule has 0 amide bonds. The zero-order valence-electron chi connectivity index (χ0n) is 25.8. The summed E-state index contributed by atoms with van der Waals surface area (Å²) < 4.78 is 0. The highest BCUT2D eigenvalue weighted by Gasteiger charge is 2.59. The number of hydrogen-bond donors (Lipinski definition) is 0. The van der Waals surface area contributed by atoms with Crippen LogP contribution in [0, 0.1) is 84.9 Å². The fourth-order valence-corrected chi connectivity index (χ4v) is 8.98. The first-order valence-electron chi connectivity index (χ1n) is 15.9. The van der Waals surface area contributed by atoms with E-state index < -0.39 is 0 Å². The lowest BCUT2D eigenvalue weighted by molar-refractivity contribution is -0.0283. The van der Waals surface area contributed by atoms with Gasteiger partial charge in [0.1, 0.15) is 0 Å². The topological polar surface area (TPSA) is 0 Å². The molecule has 0 aliphatic heterocycles. The molecule has 4 aliphatic carbocycles. The summed E-state index contributed by atoms with van der Waals surface area (Å²) in [6, 6.07) is 28.4. The van der Waals surface area contributed by atoms with E-state index in [1.165, 1.54) is 17.5 Å². The van der Waals surface area contributed by atoms with Crippen molar-refractivity contribution in [1.82, 2.24) is 0 Å². The molecule has 4 saturated carbocycles. The lowest BCUT2D eigenvalue weighted by atomic mass is 9.41. The van der Waals surface area contributed by atoms with Gasteiger partial charge < -0.3 is 0 Å². The van der Waals surface area contributed by atoms with Gasteiger partial charge in [-0.15, -0.1) is 25.7 Å². The van der Waals surface area contributed by atoms with Gasteiger partial charge in [-0.1, -0.05) is 83.8 Å². The van der Waals surface area contributed by atoms with Crippen molar-refractivity contribution in [2.75, 3.05) is 0 Å². The van der Waals surface area contributed by atoms with Crippen LogP contribution in [0.4, 0.5) is 0 Å². The molecule has 0 spiro atoms. The summed E-state index contributed by atoms with van der Waals surface area (Å²) in [4.78, 5) is 0. The number of hydrogen-bond acceptors (Lipinski definition) is 0. The van der Waals surface area contributed by atoms with Crippen LogP contribution in [0.2, 0.25) is 0 Å². The van der Waals surface area contributed by atoms with Crippen molar-refractivity contribution in [2.45, 2.75) is 49.4 Å².